The summed E-state index contributed by atoms with van der Waals surface area (Å²) < 4.78 is 0. The Labute approximate surface area is 109 Å². The van der Waals surface area contributed by atoms with Gasteiger partial charge in [0, 0.05) is 18.7 Å². The Bertz CT molecular complexity index is 371. The molecule has 18 heavy (non-hydrogen) atoms. The maximum atomic E-state index is 12.1. The number of carbonyl (C=O) groups is 1. The molecule has 3 heteroatoms. The molecule has 0 aromatic carbocycles. The fourth-order valence-corrected chi connectivity index (χ4v) is 2.64. The molecule has 0 unspecified atom stereocenters. The van der Waals surface area contributed by atoms with Crippen molar-refractivity contribution in [1.82, 2.24) is 9.88 Å². The third-order valence-corrected chi connectivity index (χ3v) is 3.64. The second kappa shape index (κ2) is 6.64. The third-order valence-electron chi connectivity index (χ3n) is 3.64. The van der Waals surface area contributed by atoms with E-state index in [-0.39, 0.29) is 0 Å². The predicted octanol–water partition coefficient (Wildman–Crippen LogP) is 2.66. The molecule has 0 aliphatic heterocycles. The molecular weight excluding hydrogens is 224 g/mol. The van der Waals surface area contributed by atoms with E-state index in [0.29, 0.717) is 18.2 Å². The SMILES string of the molecule is CN(CC(=O)C1CCCCC1)Cc1ccccn1. The summed E-state index contributed by atoms with van der Waals surface area (Å²) in [6, 6.07) is 5.90. The molecule has 98 valence electrons. The molecule has 0 amide bonds. The molecule has 0 bridgehead atoms. The smallest absolute Gasteiger partial charge is 0.149 e. The normalized spacial score (nSPS) is 17.0. The monoisotopic (exact) mass is 246 g/mol. The second-order valence-electron chi connectivity index (χ2n) is 5.29. The maximum Gasteiger partial charge on any atom is 0.149 e. The lowest BCUT2D eigenvalue weighted by atomic mass is 9.86. The second-order valence-corrected chi connectivity index (χ2v) is 5.29. The summed E-state index contributed by atoms with van der Waals surface area (Å²) in [5, 5.41) is 0. The van der Waals surface area contributed by atoms with Crippen LogP contribution < -0.4 is 0 Å². The van der Waals surface area contributed by atoms with E-state index in [1.807, 2.05) is 25.2 Å². The van der Waals surface area contributed by atoms with Gasteiger partial charge in [0.15, 0.2) is 0 Å². The van der Waals surface area contributed by atoms with Gasteiger partial charge in [-0.3, -0.25) is 14.7 Å². The summed E-state index contributed by atoms with van der Waals surface area (Å²) in [6.07, 6.45) is 7.73. The van der Waals surface area contributed by atoms with E-state index in [1.54, 1.807) is 6.20 Å². The molecule has 1 aromatic rings. The number of nitrogens with zero attached hydrogens (tertiary/aromatic N) is 2. The van der Waals surface area contributed by atoms with Gasteiger partial charge in [-0.1, -0.05) is 25.3 Å². The van der Waals surface area contributed by atoms with Crippen LogP contribution in [-0.2, 0) is 11.3 Å². The van der Waals surface area contributed by atoms with Gasteiger partial charge in [-0.15, -0.1) is 0 Å². The molecule has 0 N–H and O–H groups in total. The van der Waals surface area contributed by atoms with E-state index in [4.69, 9.17) is 0 Å². The van der Waals surface area contributed by atoms with Crippen molar-refractivity contribution in [3.8, 4) is 0 Å². The first-order chi connectivity index (χ1) is 8.75. The number of rotatable bonds is 5. The molecule has 1 aliphatic rings. The summed E-state index contributed by atoms with van der Waals surface area (Å²) in [7, 11) is 2.00. The van der Waals surface area contributed by atoms with Crippen LogP contribution in [0.5, 0.6) is 0 Å². The van der Waals surface area contributed by atoms with Crippen LogP contribution in [0, 0.1) is 5.92 Å². The first-order valence-electron chi connectivity index (χ1n) is 6.87. The Kier molecular flexibility index (Phi) is 4.88. The minimum atomic E-state index is 0.310. The van der Waals surface area contributed by atoms with Crippen molar-refractivity contribution >= 4 is 5.78 Å². The number of likely N-dealkylation sites (N-methyl/N-ethyl adjacent to an activating group) is 1. The molecule has 0 atom stereocenters. The quantitative estimate of drug-likeness (QED) is 0.801. The summed E-state index contributed by atoms with van der Waals surface area (Å²) in [5.41, 5.74) is 1.02. The highest BCUT2D eigenvalue weighted by Gasteiger charge is 2.21. The van der Waals surface area contributed by atoms with Crippen LogP contribution in [0.4, 0.5) is 0 Å². The van der Waals surface area contributed by atoms with E-state index < -0.39 is 0 Å². The van der Waals surface area contributed by atoms with E-state index in [9.17, 15) is 4.79 Å². The Morgan fingerprint density at radius 1 is 1.33 bits per heavy atom. The zero-order valence-corrected chi connectivity index (χ0v) is 11.1. The Morgan fingerprint density at radius 3 is 2.78 bits per heavy atom. The first kappa shape index (κ1) is 13.2. The molecule has 1 aromatic heterocycles. The Balaban J connectivity index is 1.79. The predicted molar refractivity (Wildman–Crippen MR) is 72.2 cm³/mol. The van der Waals surface area contributed by atoms with E-state index >= 15 is 0 Å². The number of ketones is 1. The Hall–Kier alpha value is -1.22. The highest BCUT2D eigenvalue weighted by Crippen LogP contribution is 2.24. The van der Waals surface area contributed by atoms with Crippen molar-refractivity contribution in [3.05, 3.63) is 30.1 Å². The average molecular weight is 246 g/mol. The lowest BCUT2D eigenvalue weighted by Crippen LogP contribution is -2.31. The zero-order chi connectivity index (χ0) is 12.8. The molecule has 1 aliphatic carbocycles. The van der Waals surface area contributed by atoms with Crippen LogP contribution in [0.25, 0.3) is 0 Å². The number of aromatic nitrogens is 1. The minimum absolute atomic E-state index is 0.310. The number of Topliss-reactive ketones (excluding diaryl/α,β-unsaturated/α-hetero) is 1. The molecule has 0 saturated heterocycles. The third kappa shape index (κ3) is 3.91. The van der Waals surface area contributed by atoms with Crippen molar-refractivity contribution < 1.29 is 4.79 Å². The first-order valence-corrected chi connectivity index (χ1v) is 6.87. The number of carbonyl (C=O) groups excluding carboxylic acids is 1. The average Bonchev–Trinajstić information content (AvgIpc) is 2.40. The summed E-state index contributed by atoms with van der Waals surface area (Å²) in [5.74, 6) is 0.720. The van der Waals surface area contributed by atoms with Gasteiger partial charge in [-0.2, -0.15) is 0 Å². The summed E-state index contributed by atoms with van der Waals surface area (Å²) >= 11 is 0. The molecule has 3 nitrogen and oxygen atoms in total. The topological polar surface area (TPSA) is 33.2 Å². The van der Waals surface area contributed by atoms with Crippen molar-refractivity contribution in [2.45, 2.75) is 38.6 Å². The van der Waals surface area contributed by atoms with Crippen molar-refractivity contribution in [2.75, 3.05) is 13.6 Å². The van der Waals surface area contributed by atoms with Gasteiger partial charge in [0.05, 0.1) is 12.2 Å². The highest BCUT2D eigenvalue weighted by atomic mass is 16.1. The summed E-state index contributed by atoms with van der Waals surface area (Å²) in [4.78, 5) is 18.5. The van der Waals surface area contributed by atoms with Crippen LogP contribution in [0.15, 0.2) is 24.4 Å². The maximum absolute atomic E-state index is 12.1. The summed E-state index contributed by atoms with van der Waals surface area (Å²) in [6.45, 7) is 1.31. The lowest BCUT2D eigenvalue weighted by Gasteiger charge is -2.23. The fraction of sp³-hybridized carbons (Fsp3) is 0.600. The molecule has 1 saturated carbocycles. The lowest BCUT2D eigenvalue weighted by molar-refractivity contribution is -0.124. The van der Waals surface area contributed by atoms with Gasteiger partial charge in [-0.25, -0.2) is 0 Å². The van der Waals surface area contributed by atoms with Crippen LogP contribution in [0.3, 0.4) is 0 Å². The number of pyridine rings is 1. The van der Waals surface area contributed by atoms with Gasteiger partial charge < -0.3 is 0 Å². The molecule has 0 radical (unpaired) electrons. The largest absolute Gasteiger partial charge is 0.298 e. The molecular formula is C15H22N2O. The van der Waals surface area contributed by atoms with E-state index in [1.165, 1.54) is 19.3 Å². The Morgan fingerprint density at radius 2 is 2.11 bits per heavy atom. The number of hydrogen-bond donors (Lipinski definition) is 0. The van der Waals surface area contributed by atoms with E-state index in [2.05, 4.69) is 9.88 Å². The van der Waals surface area contributed by atoms with Crippen LogP contribution in [0.2, 0.25) is 0 Å². The molecule has 1 heterocycles. The standard InChI is InChI=1S/C15H22N2O/c1-17(11-14-9-5-6-10-16-14)12-15(18)13-7-3-2-4-8-13/h5-6,9-10,13H,2-4,7-8,11-12H2,1H3. The van der Waals surface area contributed by atoms with Crippen molar-refractivity contribution in [2.24, 2.45) is 5.92 Å². The molecule has 1 fully saturated rings. The van der Waals surface area contributed by atoms with Gasteiger partial charge >= 0.3 is 0 Å². The molecule has 2 rings (SSSR count). The van der Waals surface area contributed by atoms with Gasteiger partial charge in [0.1, 0.15) is 5.78 Å². The minimum Gasteiger partial charge on any atom is -0.298 e. The van der Waals surface area contributed by atoms with E-state index in [0.717, 1.165) is 25.1 Å². The van der Waals surface area contributed by atoms with Crippen molar-refractivity contribution in [1.29, 1.82) is 0 Å². The molecule has 0 spiro atoms. The van der Waals surface area contributed by atoms with Crippen LogP contribution in [0.1, 0.15) is 37.8 Å². The number of hydrogen-bond acceptors (Lipinski definition) is 3. The van der Waals surface area contributed by atoms with Crippen molar-refractivity contribution in [3.63, 3.8) is 0 Å². The van der Waals surface area contributed by atoms with Crippen LogP contribution >= 0.6 is 0 Å². The van der Waals surface area contributed by atoms with Crippen LogP contribution in [-0.4, -0.2) is 29.3 Å². The fourth-order valence-electron chi connectivity index (χ4n) is 2.64. The van der Waals surface area contributed by atoms with Gasteiger partial charge in [-0.05, 0) is 32.0 Å². The zero-order valence-electron chi connectivity index (χ0n) is 11.1. The highest BCUT2D eigenvalue weighted by molar-refractivity contribution is 5.83. The van der Waals surface area contributed by atoms with Gasteiger partial charge in [0.25, 0.3) is 0 Å². The van der Waals surface area contributed by atoms with Gasteiger partial charge in [0.2, 0.25) is 0 Å².